The van der Waals surface area contributed by atoms with Gasteiger partial charge in [0.15, 0.2) is 0 Å². The first-order valence-electron chi connectivity index (χ1n) is 2.33. The van der Waals surface area contributed by atoms with Crippen LogP contribution < -0.4 is 5.73 Å². The Hall–Kier alpha value is -0.640. The Morgan fingerprint density at radius 3 is 2.22 bits per heavy atom. The van der Waals surface area contributed by atoms with E-state index >= 15 is 0 Å². The Balaban J connectivity index is 4.21. The molecule has 0 spiro atoms. The van der Waals surface area contributed by atoms with Crippen molar-refractivity contribution in [2.75, 3.05) is 7.11 Å². The summed E-state index contributed by atoms with van der Waals surface area (Å²) in [6.45, 7) is 1.58. The molecule has 0 aliphatic carbocycles. The van der Waals surface area contributed by atoms with Crippen LogP contribution in [0.5, 0.6) is 0 Å². The second-order valence-electron chi connectivity index (χ2n) is 1.52. The standard InChI is InChI=1S/C5H9NO2S/c1-3(6)4(9)5(7)8-2/h9H,6H2,1-2H3/b4-3+. The number of rotatable bonds is 1. The van der Waals surface area contributed by atoms with Crippen LogP contribution in [0.1, 0.15) is 6.92 Å². The number of carbonyl (C=O) groups excluding carboxylic acids is 1. The lowest BCUT2D eigenvalue weighted by atomic mass is 10.4. The predicted molar refractivity (Wildman–Crippen MR) is 37.9 cm³/mol. The molecule has 0 atom stereocenters. The van der Waals surface area contributed by atoms with Crippen molar-refractivity contribution in [1.29, 1.82) is 0 Å². The summed E-state index contributed by atoms with van der Waals surface area (Å²) in [6.07, 6.45) is 0. The van der Waals surface area contributed by atoms with Crippen LogP contribution in [-0.4, -0.2) is 13.1 Å². The summed E-state index contributed by atoms with van der Waals surface area (Å²) in [5.41, 5.74) is 5.58. The van der Waals surface area contributed by atoms with Gasteiger partial charge in [-0.25, -0.2) is 4.79 Å². The lowest BCUT2D eigenvalue weighted by Crippen LogP contribution is -2.06. The maximum Gasteiger partial charge on any atom is 0.345 e. The Bertz CT molecular complexity index is 149. The third-order valence-corrected chi connectivity index (χ3v) is 1.29. The van der Waals surface area contributed by atoms with Crippen molar-refractivity contribution in [1.82, 2.24) is 0 Å². The molecule has 0 aromatic carbocycles. The number of hydrogen-bond donors (Lipinski definition) is 2. The fourth-order valence-electron chi connectivity index (χ4n) is 0.258. The SMILES string of the molecule is COC(=O)/C(S)=C(/C)N. The largest absolute Gasteiger partial charge is 0.465 e. The Morgan fingerprint density at radius 1 is 1.67 bits per heavy atom. The summed E-state index contributed by atoms with van der Waals surface area (Å²) in [4.78, 5) is 10.7. The summed E-state index contributed by atoms with van der Waals surface area (Å²) >= 11 is 3.78. The van der Waals surface area contributed by atoms with E-state index in [1.165, 1.54) is 7.11 Å². The molecule has 9 heavy (non-hydrogen) atoms. The summed E-state index contributed by atoms with van der Waals surface area (Å²) in [7, 11) is 1.28. The first-order valence-corrected chi connectivity index (χ1v) is 2.78. The third kappa shape index (κ3) is 2.41. The van der Waals surface area contributed by atoms with Crippen molar-refractivity contribution >= 4 is 18.6 Å². The van der Waals surface area contributed by atoms with Gasteiger partial charge in [0.05, 0.1) is 7.11 Å². The fraction of sp³-hybridized carbons (Fsp3) is 0.400. The molecule has 0 saturated carbocycles. The number of ether oxygens (including phenoxy) is 1. The molecule has 0 amide bonds. The van der Waals surface area contributed by atoms with Crippen LogP contribution in [0.3, 0.4) is 0 Å². The number of allylic oxidation sites excluding steroid dienone is 1. The van der Waals surface area contributed by atoms with E-state index in [1.807, 2.05) is 0 Å². The highest BCUT2D eigenvalue weighted by atomic mass is 32.1. The van der Waals surface area contributed by atoms with Gasteiger partial charge in [-0.1, -0.05) is 0 Å². The Morgan fingerprint density at radius 2 is 2.11 bits per heavy atom. The average molecular weight is 147 g/mol. The highest BCUT2D eigenvalue weighted by molar-refractivity contribution is 7.85. The van der Waals surface area contributed by atoms with Crippen molar-refractivity contribution < 1.29 is 9.53 Å². The van der Waals surface area contributed by atoms with E-state index in [9.17, 15) is 4.79 Å². The molecule has 0 aliphatic heterocycles. The van der Waals surface area contributed by atoms with E-state index < -0.39 is 5.97 Å². The van der Waals surface area contributed by atoms with Gasteiger partial charge in [-0.05, 0) is 6.92 Å². The van der Waals surface area contributed by atoms with E-state index in [0.29, 0.717) is 5.70 Å². The molecule has 0 aromatic rings. The molecule has 0 aromatic heterocycles. The van der Waals surface area contributed by atoms with E-state index in [4.69, 9.17) is 5.73 Å². The second kappa shape index (κ2) is 3.40. The molecule has 0 heterocycles. The molecule has 0 rings (SSSR count). The summed E-state index contributed by atoms with van der Waals surface area (Å²) in [5, 5.41) is 0. The van der Waals surface area contributed by atoms with Crippen LogP contribution in [0.15, 0.2) is 10.6 Å². The summed E-state index contributed by atoms with van der Waals surface area (Å²) in [6, 6.07) is 0. The lowest BCUT2D eigenvalue weighted by molar-refractivity contribution is -0.135. The number of methoxy groups -OCH3 is 1. The molecule has 52 valence electrons. The number of esters is 1. The van der Waals surface area contributed by atoms with Gasteiger partial charge in [0.2, 0.25) is 0 Å². The zero-order valence-corrected chi connectivity index (χ0v) is 6.24. The molecule has 0 aliphatic rings. The second-order valence-corrected chi connectivity index (χ2v) is 1.97. The van der Waals surface area contributed by atoms with Crippen LogP contribution in [0.2, 0.25) is 0 Å². The average Bonchev–Trinajstić information content (AvgIpc) is 1.84. The molecule has 0 unspecified atom stereocenters. The van der Waals surface area contributed by atoms with Gasteiger partial charge >= 0.3 is 5.97 Å². The van der Waals surface area contributed by atoms with Crippen molar-refractivity contribution in [2.45, 2.75) is 6.92 Å². The number of thiol groups is 1. The van der Waals surface area contributed by atoms with Crippen LogP contribution in [0.25, 0.3) is 0 Å². The molecule has 2 N–H and O–H groups in total. The number of carbonyl (C=O) groups is 1. The Labute approximate surface area is 59.3 Å². The smallest absolute Gasteiger partial charge is 0.345 e. The van der Waals surface area contributed by atoms with E-state index in [-0.39, 0.29) is 4.91 Å². The quantitative estimate of drug-likeness (QED) is 0.318. The lowest BCUT2D eigenvalue weighted by Gasteiger charge is -1.97. The highest BCUT2D eigenvalue weighted by Gasteiger charge is 2.04. The summed E-state index contributed by atoms with van der Waals surface area (Å²) in [5.74, 6) is -0.502. The Kier molecular flexibility index (Phi) is 3.16. The maximum absolute atomic E-state index is 10.5. The highest BCUT2D eigenvalue weighted by Crippen LogP contribution is 2.04. The number of nitrogens with two attached hydrogens (primary N) is 1. The van der Waals surface area contributed by atoms with Gasteiger partial charge in [0, 0.05) is 5.70 Å². The van der Waals surface area contributed by atoms with E-state index in [2.05, 4.69) is 17.4 Å². The molecule has 0 radical (unpaired) electrons. The maximum atomic E-state index is 10.5. The third-order valence-electron chi connectivity index (χ3n) is 0.752. The summed E-state index contributed by atoms with van der Waals surface area (Å²) < 4.78 is 4.32. The zero-order valence-electron chi connectivity index (χ0n) is 5.34. The zero-order chi connectivity index (χ0) is 7.44. The van der Waals surface area contributed by atoms with Crippen molar-refractivity contribution in [3.63, 3.8) is 0 Å². The van der Waals surface area contributed by atoms with Gasteiger partial charge in [0.25, 0.3) is 0 Å². The first-order chi connectivity index (χ1) is 4.09. The van der Waals surface area contributed by atoms with Crippen LogP contribution in [-0.2, 0) is 9.53 Å². The minimum Gasteiger partial charge on any atom is -0.465 e. The molecular weight excluding hydrogens is 138 g/mol. The first kappa shape index (κ1) is 8.36. The normalized spacial score (nSPS) is 12.3. The van der Waals surface area contributed by atoms with Crippen molar-refractivity contribution in [2.24, 2.45) is 5.73 Å². The fourth-order valence-corrected chi connectivity index (χ4v) is 0.349. The topological polar surface area (TPSA) is 52.3 Å². The molecule has 3 nitrogen and oxygen atoms in total. The van der Waals surface area contributed by atoms with Crippen molar-refractivity contribution in [3.05, 3.63) is 10.6 Å². The van der Waals surface area contributed by atoms with Crippen LogP contribution >= 0.6 is 12.6 Å². The minimum atomic E-state index is -0.502. The molecule has 4 heteroatoms. The van der Waals surface area contributed by atoms with Gasteiger partial charge < -0.3 is 10.5 Å². The van der Waals surface area contributed by atoms with Gasteiger partial charge in [-0.15, -0.1) is 12.6 Å². The minimum absolute atomic E-state index is 0.164. The molecule has 0 fully saturated rings. The van der Waals surface area contributed by atoms with Gasteiger partial charge in [-0.2, -0.15) is 0 Å². The van der Waals surface area contributed by atoms with Crippen molar-refractivity contribution in [3.8, 4) is 0 Å². The van der Waals surface area contributed by atoms with E-state index in [0.717, 1.165) is 0 Å². The number of hydrogen-bond acceptors (Lipinski definition) is 4. The van der Waals surface area contributed by atoms with Crippen LogP contribution in [0.4, 0.5) is 0 Å². The monoisotopic (exact) mass is 147 g/mol. The van der Waals surface area contributed by atoms with Crippen LogP contribution in [0, 0.1) is 0 Å². The van der Waals surface area contributed by atoms with Gasteiger partial charge in [-0.3, -0.25) is 0 Å². The van der Waals surface area contributed by atoms with Gasteiger partial charge in [0.1, 0.15) is 4.91 Å². The molecule has 0 saturated heterocycles. The predicted octanol–water partition coefficient (Wildman–Crippen LogP) is 0.279. The molecular formula is C5H9NO2S. The molecule has 0 bridgehead atoms. The van der Waals surface area contributed by atoms with E-state index in [1.54, 1.807) is 6.92 Å².